The van der Waals surface area contributed by atoms with E-state index in [1.165, 1.54) is 32.9 Å². The quantitative estimate of drug-likeness (QED) is 0.338. The number of nitrogens with one attached hydrogen (secondary N) is 1. The van der Waals surface area contributed by atoms with Gasteiger partial charge in [-0.1, -0.05) is 48.6 Å². The van der Waals surface area contributed by atoms with Gasteiger partial charge in [-0.05, 0) is 67.5 Å². The zero-order valence-electron chi connectivity index (χ0n) is 20.2. The van der Waals surface area contributed by atoms with Crippen LogP contribution in [0.4, 0.5) is 5.69 Å². The highest BCUT2D eigenvalue weighted by Crippen LogP contribution is 2.51. The second-order valence-electron chi connectivity index (χ2n) is 10.3. The van der Waals surface area contributed by atoms with Crippen molar-refractivity contribution in [1.29, 1.82) is 0 Å². The lowest BCUT2D eigenvalue weighted by Gasteiger charge is -2.38. The molecule has 4 heteroatoms. The van der Waals surface area contributed by atoms with Crippen molar-refractivity contribution in [2.45, 2.75) is 44.7 Å². The van der Waals surface area contributed by atoms with Crippen LogP contribution in [0.1, 0.15) is 59.6 Å². The average Bonchev–Trinajstić information content (AvgIpc) is 3.66. The lowest BCUT2D eigenvalue weighted by Crippen LogP contribution is -2.33. The molecule has 0 spiro atoms. The first-order chi connectivity index (χ1) is 17.2. The van der Waals surface area contributed by atoms with Gasteiger partial charge < -0.3 is 14.8 Å². The molecule has 3 atom stereocenters. The Kier molecular flexibility index (Phi) is 4.76. The lowest BCUT2D eigenvalue weighted by molar-refractivity contribution is 0.0793. The largest absolute Gasteiger partial charge is 0.377 e. The molecule has 3 aliphatic rings. The van der Waals surface area contributed by atoms with Crippen LogP contribution in [-0.2, 0) is 6.54 Å². The van der Waals surface area contributed by atoms with Crippen molar-refractivity contribution in [2.24, 2.45) is 5.92 Å². The highest BCUT2D eigenvalue weighted by atomic mass is 16.2. The number of benzene rings is 3. The van der Waals surface area contributed by atoms with Gasteiger partial charge in [0, 0.05) is 47.4 Å². The highest BCUT2D eigenvalue weighted by molar-refractivity contribution is 6.08. The SMILES string of the molecule is CCn1c2ccccc2c2cc(C3Nc4c(C(=O)N5CCCC5)cccc4C4C=CCC43)ccc21. The number of fused-ring (bicyclic) bond motifs is 6. The van der Waals surface area contributed by atoms with Crippen molar-refractivity contribution in [3.63, 3.8) is 0 Å². The molecule has 4 aromatic rings. The maximum Gasteiger partial charge on any atom is 0.255 e. The summed E-state index contributed by atoms with van der Waals surface area (Å²) in [6, 6.07) is 22.2. The Morgan fingerprint density at radius 3 is 2.66 bits per heavy atom. The number of hydrogen-bond acceptors (Lipinski definition) is 2. The number of rotatable bonds is 3. The minimum Gasteiger partial charge on any atom is -0.377 e. The first kappa shape index (κ1) is 20.8. The molecule has 3 unspecified atom stereocenters. The van der Waals surface area contributed by atoms with Gasteiger partial charge in [0.2, 0.25) is 0 Å². The predicted octanol–water partition coefficient (Wildman–Crippen LogP) is 6.88. The van der Waals surface area contributed by atoms with Crippen LogP contribution in [-0.4, -0.2) is 28.5 Å². The number of carbonyl (C=O) groups is 1. The third-order valence-corrected chi connectivity index (χ3v) is 8.49. The topological polar surface area (TPSA) is 37.3 Å². The normalized spacial score (nSPS) is 23.0. The van der Waals surface area contributed by atoms with E-state index in [1.807, 2.05) is 11.0 Å². The summed E-state index contributed by atoms with van der Waals surface area (Å²) in [7, 11) is 0. The Bertz CT molecular complexity index is 1490. The van der Waals surface area contributed by atoms with E-state index < -0.39 is 0 Å². The first-order valence-electron chi connectivity index (χ1n) is 13.1. The van der Waals surface area contributed by atoms with Crippen LogP contribution in [0.25, 0.3) is 21.8 Å². The third kappa shape index (κ3) is 3.09. The van der Waals surface area contributed by atoms with E-state index in [-0.39, 0.29) is 11.9 Å². The van der Waals surface area contributed by atoms with Crippen molar-refractivity contribution in [3.05, 3.63) is 89.5 Å². The fourth-order valence-corrected chi connectivity index (χ4v) is 6.83. The Morgan fingerprint density at radius 2 is 1.80 bits per heavy atom. The number of para-hydroxylation sites is 2. The Morgan fingerprint density at radius 1 is 0.971 bits per heavy atom. The molecule has 4 nitrogen and oxygen atoms in total. The summed E-state index contributed by atoms with van der Waals surface area (Å²) >= 11 is 0. The molecule has 1 amide bonds. The Balaban J connectivity index is 1.35. The van der Waals surface area contributed by atoms with Gasteiger partial charge in [-0.3, -0.25) is 4.79 Å². The molecule has 2 aliphatic heterocycles. The smallest absolute Gasteiger partial charge is 0.255 e. The van der Waals surface area contributed by atoms with Crippen molar-refractivity contribution >= 4 is 33.4 Å². The Labute approximate surface area is 206 Å². The van der Waals surface area contributed by atoms with E-state index in [2.05, 4.69) is 83.6 Å². The lowest BCUT2D eigenvalue weighted by atomic mass is 9.76. The summed E-state index contributed by atoms with van der Waals surface area (Å²) in [6.07, 6.45) is 7.96. The summed E-state index contributed by atoms with van der Waals surface area (Å²) in [5, 5.41) is 6.53. The molecule has 3 heterocycles. The van der Waals surface area contributed by atoms with Gasteiger partial charge in [0.25, 0.3) is 5.91 Å². The molecule has 1 aromatic heterocycles. The molecule has 1 fully saturated rings. The molecule has 0 saturated carbocycles. The number of anilines is 1. The number of nitrogens with zero attached hydrogens (tertiary/aromatic N) is 2. The third-order valence-electron chi connectivity index (χ3n) is 8.49. The van der Waals surface area contributed by atoms with E-state index >= 15 is 0 Å². The van der Waals surface area contributed by atoms with Crippen LogP contribution >= 0.6 is 0 Å². The number of aromatic nitrogens is 1. The molecule has 1 N–H and O–H groups in total. The zero-order valence-corrected chi connectivity index (χ0v) is 20.2. The summed E-state index contributed by atoms with van der Waals surface area (Å²) in [6.45, 7) is 4.91. The fraction of sp³-hybridized carbons (Fsp3) is 0.323. The maximum atomic E-state index is 13.5. The molecule has 1 saturated heterocycles. The minimum absolute atomic E-state index is 0.170. The summed E-state index contributed by atoms with van der Waals surface area (Å²) in [4.78, 5) is 15.5. The van der Waals surface area contributed by atoms with E-state index in [9.17, 15) is 4.79 Å². The van der Waals surface area contributed by atoms with Gasteiger partial charge in [0.1, 0.15) is 0 Å². The molecular formula is C31H31N3O. The van der Waals surface area contributed by atoms with Crippen molar-refractivity contribution in [1.82, 2.24) is 9.47 Å². The van der Waals surface area contributed by atoms with Gasteiger partial charge in [-0.2, -0.15) is 0 Å². The van der Waals surface area contributed by atoms with Crippen LogP contribution in [0.3, 0.4) is 0 Å². The standard InChI is InChI=1S/C31H31N3O/c1-2-34-27-14-4-3-9-22(27)26-19-20(15-16-28(26)34)29-23-11-7-10-21(23)24-12-8-13-25(30(24)32-29)31(35)33-17-5-6-18-33/h3-4,7-10,12-16,19,21,23,29,32H,2,5-6,11,17-18H2,1H3. The van der Waals surface area contributed by atoms with Gasteiger partial charge in [-0.15, -0.1) is 0 Å². The zero-order chi connectivity index (χ0) is 23.5. The number of aryl methyl sites for hydroxylation is 1. The second-order valence-corrected chi connectivity index (χ2v) is 10.3. The predicted molar refractivity (Wildman–Crippen MR) is 143 cm³/mol. The van der Waals surface area contributed by atoms with E-state index in [0.717, 1.165) is 50.1 Å². The molecule has 1 aliphatic carbocycles. The number of carbonyl (C=O) groups excluding carboxylic acids is 1. The summed E-state index contributed by atoms with van der Waals surface area (Å²) in [5.41, 5.74) is 7.04. The van der Waals surface area contributed by atoms with Gasteiger partial charge in [0.05, 0.1) is 17.3 Å². The highest BCUT2D eigenvalue weighted by Gasteiger charge is 2.40. The Hall–Kier alpha value is -3.53. The van der Waals surface area contributed by atoms with Crippen LogP contribution in [0, 0.1) is 5.92 Å². The molecule has 176 valence electrons. The number of hydrogen-bond donors (Lipinski definition) is 1. The van der Waals surface area contributed by atoms with Gasteiger partial charge in [-0.25, -0.2) is 0 Å². The minimum atomic E-state index is 0.170. The van der Waals surface area contributed by atoms with E-state index in [0.29, 0.717) is 11.8 Å². The van der Waals surface area contributed by atoms with Crippen LogP contribution < -0.4 is 5.32 Å². The maximum absolute atomic E-state index is 13.5. The van der Waals surface area contributed by atoms with E-state index in [1.54, 1.807) is 0 Å². The molecule has 0 bridgehead atoms. The van der Waals surface area contributed by atoms with Crippen molar-refractivity contribution in [3.8, 4) is 0 Å². The van der Waals surface area contributed by atoms with Crippen molar-refractivity contribution in [2.75, 3.05) is 18.4 Å². The molecule has 7 rings (SSSR count). The number of amides is 1. The average molecular weight is 462 g/mol. The van der Waals surface area contributed by atoms with Crippen LogP contribution in [0.5, 0.6) is 0 Å². The fourth-order valence-electron chi connectivity index (χ4n) is 6.83. The monoisotopic (exact) mass is 461 g/mol. The number of likely N-dealkylation sites (tertiary alicyclic amines) is 1. The molecule has 0 radical (unpaired) electrons. The molecule has 3 aromatic carbocycles. The summed E-state index contributed by atoms with van der Waals surface area (Å²) < 4.78 is 2.41. The summed E-state index contributed by atoms with van der Waals surface area (Å²) in [5.74, 6) is 0.972. The van der Waals surface area contributed by atoms with Gasteiger partial charge in [0.15, 0.2) is 0 Å². The number of allylic oxidation sites excluding steroid dienone is 2. The second kappa shape index (κ2) is 8.01. The van der Waals surface area contributed by atoms with Crippen molar-refractivity contribution < 1.29 is 4.79 Å². The molecule has 35 heavy (non-hydrogen) atoms. The van der Waals surface area contributed by atoms with E-state index in [4.69, 9.17) is 0 Å². The van der Waals surface area contributed by atoms with Gasteiger partial charge >= 0.3 is 0 Å². The van der Waals surface area contributed by atoms with Crippen LogP contribution in [0.2, 0.25) is 0 Å². The molecular weight excluding hydrogens is 430 g/mol. The van der Waals surface area contributed by atoms with Crippen LogP contribution in [0.15, 0.2) is 72.8 Å². The first-order valence-corrected chi connectivity index (χ1v) is 13.1.